The number of nitrogens with one attached hydrogen (secondary N) is 2. The van der Waals surface area contributed by atoms with Gasteiger partial charge in [0.2, 0.25) is 0 Å². The fourth-order valence-electron chi connectivity index (χ4n) is 2.79. The molecular formula is C20H10Cl2F6N2O4Pt. The first-order chi connectivity index (χ1) is 16.2. The van der Waals surface area contributed by atoms with Crippen molar-refractivity contribution in [3.05, 3.63) is 70.4 Å². The number of hydrogen-bond donors (Lipinski definition) is 2. The first-order valence-corrected chi connectivity index (χ1v) is 14.4. The summed E-state index contributed by atoms with van der Waals surface area (Å²) < 4.78 is 84.6. The summed E-state index contributed by atoms with van der Waals surface area (Å²) >= 11 is -0.472. The normalized spacial score (nSPS) is 11.5. The van der Waals surface area contributed by atoms with Crippen LogP contribution in [0, 0.1) is 10.8 Å². The first-order valence-electron chi connectivity index (χ1n) is 8.73. The van der Waals surface area contributed by atoms with E-state index in [0.29, 0.717) is 12.1 Å². The second-order valence-corrected chi connectivity index (χ2v) is 9.70. The second-order valence-electron chi connectivity index (χ2n) is 6.42. The summed E-state index contributed by atoms with van der Waals surface area (Å²) in [5, 5.41) is 36.3. The van der Waals surface area contributed by atoms with Crippen LogP contribution in [0.3, 0.4) is 0 Å². The molecule has 0 saturated heterocycles. The third-order valence-corrected chi connectivity index (χ3v) is 4.10. The van der Waals surface area contributed by atoms with Gasteiger partial charge in [-0.3, -0.25) is 0 Å². The first kappa shape index (κ1) is 28.5. The van der Waals surface area contributed by atoms with Gasteiger partial charge in [-0.25, -0.2) is 0 Å². The van der Waals surface area contributed by atoms with E-state index in [1.54, 1.807) is 0 Å². The molecule has 15 heteroatoms. The minimum absolute atomic E-state index is 0.0185. The predicted octanol–water partition coefficient (Wildman–Crippen LogP) is 5.29. The number of halogens is 8. The van der Waals surface area contributed by atoms with E-state index in [4.69, 9.17) is 29.7 Å². The third kappa shape index (κ3) is 7.65. The molecule has 4 rings (SSSR count). The van der Waals surface area contributed by atoms with E-state index in [1.807, 2.05) is 0 Å². The van der Waals surface area contributed by atoms with E-state index < -0.39 is 51.9 Å². The van der Waals surface area contributed by atoms with E-state index in [0.717, 1.165) is 24.3 Å². The molecule has 2 N–H and O–H groups in total. The molecule has 0 fully saturated rings. The Bertz CT molecular complexity index is 1250. The number of rotatable bonds is 0. The second kappa shape index (κ2) is 11.4. The van der Waals surface area contributed by atoms with E-state index >= 15 is 0 Å². The molecule has 0 aromatic carbocycles. The van der Waals surface area contributed by atoms with Crippen molar-refractivity contribution in [3.8, 4) is 34.5 Å². The summed E-state index contributed by atoms with van der Waals surface area (Å²) in [6.45, 7) is 0. The summed E-state index contributed by atoms with van der Waals surface area (Å²) in [4.78, 5) is 0. The molecule has 2 aliphatic heterocycles. The Balaban J connectivity index is 0.000000222. The number of fused-ring (bicyclic) bond motifs is 2. The molecule has 190 valence electrons. The van der Waals surface area contributed by atoms with Crippen LogP contribution in [-0.2, 0) is 28.8 Å². The van der Waals surface area contributed by atoms with Gasteiger partial charge < -0.3 is 29.9 Å². The fourth-order valence-corrected chi connectivity index (χ4v) is 2.79. The molecule has 0 spiro atoms. The van der Waals surface area contributed by atoms with Crippen LogP contribution < -0.4 is 20.9 Å². The van der Waals surface area contributed by atoms with Crippen molar-refractivity contribution in [3.63, 3.8) is 0 Å². The van der Waals surface area contributed by atoms with E-state index in [1.165, 1.54) is 12.1 Å². The van der Waals surface area contributed by atoms with Crippen LogP contribution in [0.5, 0.6) is 11.9 Å². The van der Waals surface area contributed by atoms with Crippen molar-refractivity contribution in [1.82, 2.24) is 0 Å². The Morgan fingerprint density at radius 3 is 1.26 bits per heavy atom. The molecule has 0 saturated carbocycles. The zero-order valence-electron chi connectivity index (χ0n) is 16.6. The van der Waals surface area contributed by atoms with Gasteiger partial charge in [-0.2, -0.15) is 26.3 Å². The van der Waals surface area contributed by atoms with Crippen LogP contribution in [0.25, 0.3) is 22.6 Å². The van der Waals surface area contributed by atoms with Crippen molar-refractivity contribution >= 4 is 18.8 Å². The van der Waals surface area contributed by atoms with Gasteiger partial charge >= 0.3 is 47.7 Å². The monoisotopic (exact) mass is 721 g/mol. The summed E-state index contributed by atoms with van der Waals surface area (Å²) in [7, 11) is 9.75. The van der Waals surface area contributed by atoms with Crippen molar-refractivity contribution < 1.29 is 61.9 Å². The molecule has 0 amide bonds. The molecule has 6 nitrogen and oxygen atoms in total. The van der Waals surface area contributed by atoms with Gasteiger partial charge in [0.15, 0.2) is 0 Å². The summed E-state index contributed by atoms with van der Waals surface area (Å²) in [6.07, 6.45) is -9.23. The molecule has 2 heterocycles. The van der Waals surface area contributed by atoms with Gasteiger partial charge in [-0.15, -0.1) is 0 Å². The molecule has 4 aliphatic rings. The van der Waals surface area contributed by atoms with Crippen LogP contribution >= 0.6 is 18.8 Å². The molecule has 0 atom stereocenters. The molecule has 2 aliphatic carbocycles. The summed E-state index contributed by atoms with van der Waals surface area (Å²) in [6, 6.07) is 7.61. The number of benzene rings is 2. The molecular weight excluding hydrogens is 712 g/mol. The van der Waals surface area contributed by atoms with Gasteiger partial charge in [0.1, 0.15) is 0 Å². The van der Waals surface area contributed by atoms with Gasteiger partial charge in [-0.05, 0) is 36.4 Å². The van der Waals surface area contributed by atoms with Gasteiger partial charge in [0.25, 0.3) is 0 Å². The van der Waals surface area contributed by atoms with Crippen LogP contribution in [0.2, 0.25) is 0 Å². The van der Waals surface area contributed by atoms with Crippen LogP contribution in [0.4, 0.5) is 26.3 Å². The molecule has 0 bridgehead atoms. The Morgan fingerprint density at radius 2 is 0.971 bits per heavy atom. The zero-order valence-corrected chi connectivity index (χ0v) is 20.4. The van der Waals surface area contributed by atoms with Gasteiger partial charge in [0.05, 0.1) is 33.7 Å². The Labute approximate surface area is 208 Å². The van der Waals surface area contributed by atoms with Gasteiger partial charge in [-0.1, -0.05) is 12.1 Å². The molecule has 0 unspecified atom stereocenters. The minimum atomic E-state index is -4.61. The predicted molar refractivity (Wildman–Crippen MR) is 103 cm³/mol. The number of alkyl halides is 6. The van der Waals surface area contributed by atoms with E-state index in [-0.39, 0.29) is 33.4 Å². The fraction of sp³-hybridized carbons (Fsp3) is 0.100. The summed E-state index contributed by atoms with van der Waals surface area (Å²) in [5.41, 5.74) is -2.52. The quantitative estimate of drug-likeness (QED) is 0.240. The Morgan fingerprint density at radius 1 is 0.657 bits per heavy atom. The topological polar surface area (TPSA) is 120 Å². The van der Waals surface area contributed by atoms with E-state index in [2.05, 4.69) is 8.83 Å². The molecule has 0 aromatic rings. The van der Waals surface area contributed by atoms with Crippen molar-refractivity contribution in [1.29, 1.82) is 10.8 Å². The molecule has 35 heavy (non-hydrogen) atoms. The van der Waals surface area contributed by atoms with Crippen LogP contribution in [0.1, 0.15) is 11.1 Å². The third-order valence-electron chi connectivity index (χ3n) is 4.10. The van der Waals surface area contributed by atoms with Crippen molar-refractivity contribution in [2.75, 3.05) is 0 Å². The van der Waals surface area contributed by atoms with Gasteiger partial charge in [0, 0.05) is 22.6 Å². The zero-order chi connectivity index (χ0) is 26.6. The SMILES string of the molecule is N=c1ccc2c(C(F)(F)F)cc([O-])oc-2c1.N=c1ccc2c(C(F)(F)F)cc([O-])oc-2c1.[Cl][Pt+2][Cl]. The molecule has 0 radical (unpaired) electrons. The van der Waals surface area contributed by atoms with Crippen LogP contribution in [0.15, 0.2) is 57.4 Å². The maximum absolute atomic E-state index is 12.6. The van der Waals surface area contributed by atoms with Crippen molar-refractivity contribution in [2.45, 2.75) is 12.4 Å². The van der Waals surface area contributed by atoms with Crippen molar-refractivity contribution in [2.24, 2.45) is 0 Å². The average molecular weight is 722 g/mol. The van der Waals surface area contributed by atoms with Crippen LogP contribution in [-0.4, -0.2) is 0 Å². The Kier molecular flexibility index (Phi) is 9.27. The van der Waals surface area contributed by atoms with E-state index in [9.17, 15) is 36.6 Å². The number of hydrogen-bond acceptors (Lipinski definition) is 6. The summed E-state index contributed by atoms with van der Waals surface area (Å²) in [5.74, 6) is -2.62. The standard InChI is InChI=1S/2C10H6F3NO2.2ClH.Pt/c2*11-10(12,13)7-4-9(15)16-8-3-5(14)1-2-6(7)8;;;/h2*1-4,14-15H;2*1H;/q;;;;+4/p-4. The Hall–Kier alpha value is -2.69. The average Bonchev–Trinajstić information content (AvgIpc) is 2.71. The maximum atomic E-state index is 12.6. The molecule has 0 aromatic heterocycles.